The third kappa shape index (κ3) is 4.79. The van der Waals surface area contributed by atoms with Crippen molar-refractivity contribution >= 4 is 34.6 Å². The molecule has 0 unspecified atom stereocenters. The van der Waals surface area contributed by atoms with E-state index >= 15 is 0 Å². The molecule has 0 spiro atoms. The second kappa shape index (κ2) is 10.9. The maximum atomic E-state index is 13.8. The third-order valence-corrected chi connectivity index (χ3v) is 8.24. The predicted molar refractivity (Wildman–Crippen MR) is 153 cm³/mol. The lowest BCUT2D eigenvalue weighted by atomic mass is 9.72. The number of nitrogens with two attached hydrogens (primary N) is 2. The highest BCUT2D eigenvalue weighted by molar-refractivity contribution is 7.80. The van der Waals surface area contributed by atoms with Gasteiger partial charge in [0, 0.05) is 42.0 Å². The van der Waals surface area contributed by atoms with Gasteiger partial charge in [0.15, 0.2) is 17.2 Å². The van der Waals surface area contributed by atoms with Crippen LogP contribution in [0.15, 0.2) is 23.3 Å². The number of hydrogen-bond donors (Lipinski definition) is 7. The molecule has 1 aliphatic heterocycles. The number of hydrazone groups is 1. The molecule has 2 aromatic carbocycles. The lowest BCUT2D eigenvalue weighted by molar-refractivity contribution is -0.245. The largest absolute Gasteiger partial charge is 0.507 e. The lowest BCUT2D eigenvalue weighted by Crippen LogP contribution is -2.52. The minimum absolute atomic E-state index is 0.00137. The first-order valence-corrected chi connectivity index (χ1v) is 13.6. The van der Waals surface area contributed by atoms with Gasteiger partial charge in [0.05, 0.1) is 47.8 Å². The van der Waals surface area contributed by atoms with Crippen LogP contribution in [0.4, 0.5) is 0 Å². The van der Waals surface area contributed by atoms with Crippen molar-refractivity contribution in [3.05, 3.63) is 51.6 Å². The number of rotatable bonds is 5. The van der Waals surface area contributed by atoms with Gasteiger partial charge in [0.1, 0.15) is 22.8 Å². The number of aliphatic hydroxyl groups excluding tert-OH is 1. The van der Waals surface area contributed by atoms with Crippen molar-refractivity contribution in [3.63, 3.8) is 0 Å². The van der Waals surface area contributed by atoms with E-state index in [-0.39, 0.29) is 58.1 Å². The van der Waals surface area contributed by atoms with Crippen LogP contribution in [0.25, 0.3) is 0 Å². The van der Waals surface area contributed by atoms with Gasteiger partial charge in [-0.15, -0.1) is 0 Å². The molecule has 0 bridgehead atoms. The van der Waals surface area contributed by atoms with E-state index in [1.807, 2.05) is 0 Å². The summed E-state index contributed by atoms with van der Waals surface area (Å²) in [5.41, 5.74) is 11.5. The summed E-state index contributed by atoms with van der Waals surface area (Å²) in [5.74, 6) is -2.46. The number of ether oxygens (including phenoxy) is 3. The summed E-state index contributed by atoms with van der Waals surface area (Å²) in [6.45, 7) is 3.13. The number of thiocarbonyl (C=S) groups is 1. The van der Waals surface area contributed by atoms with Crippen LogP contribution in [-0.4, -0.2) is 80.1 Å². The quantitative estimate of drug-likeness (QED) is 0.0927. The van der Waals surface area contributed by atoms with E-state index < -0.39 is 70.4 Å². The Kier molecular flexibility index (Phi) is 7.72. The number of ketones is 2. The Balaban J connectivity index is 1.68. The van der Waals surface area contributed by atoms with Crippen LogP contribution in [0.2, 0.25) is 0 Å². The SMILES string of the molecule is COc1cccc2c1C(=O)c1c(O)c3c(c(O)c1C2=O)C[C@@](O)(/C(C)=N\NC(N)=S)C[C@H]3O[C@H]1C[C@@H](N)[C@@H](O)[C@H](C)O1. The Hall–Kier alpha value is -3.66. The molecule has 1 heterocycles. The highest BCUT2D eigenvalue weighted by Crippen LogP contribution is 2.52. The fourth-order valence-corrected chi connectivity index (χ4v) is 5.95. The van der Waals surface area contributed by atoms with Crippen molar-refractivity contribution < 1.29 is 44.2 Å². The van der Waals surface area contributed by atoms with E-state index in [1.54, 1.807) is 6.92 Å². The number of nitrogens with one attached hydrogen (secondary N) is 1. The molecule has 0 amide bonds. The summed E-state index contributed by atoms with van der Waals surface area (Å²) in [7, 11) is 1.35. The molecule has 5 rings (SSSR count). The van der Waals surface area contributed by atoms with Gasteiger partial charge in [-0.1, -0.05) is 12.1 Å². The molecule has 1 saturated heterocycles. The molecule has 0 saturated carbocycles. The topological polar surface area (TPSA) is 219 Å². The summed E-state index contributed by atoms with van der Waals surface area (Å²) < 4.78 is 17.3. The van der Waals surface area contributed by atoms with Crippen molar-refractivity contribution in [1.82, 2.24) is 5.43 Å². The highest BCUT2D eigenvalue weighted by atomic mass is 32.1. The molecule has 13 nitrogen and oxygen atoms in total. The van der Waals surface area contributed by atoms with E-state index in [2.05, 4.69) is 10.5 Å². The van der Waals surface area contributed by atoms with E-state index in [0.29, 0.717) is 0 Å². The van der Waals surface area contributed by atoms with Crippen LogP contribution in [-0.2, 0) is 15.9 Å². The van der Waals surface area contributed by atoms with Crippen molar-refractivity contribution in [3.8, 4) is 17.2 Å². The summed E-state index contributed by atoms with van der Waals surface area (Å²) in [6, 6.07) is 3.79. The van der Waals surface area contributed by atoms with E-state index in [1.165, 1.54) is 32.2 Å². The highest BCUT2D eigenvalue weighted by Gasteiger charge is 2.49. The molecular formula is C28H32N4O9S. The maximum Gasteiger partial charge on any atom is 0.202 e. The Morgan fingerprint density at radius 1 is 1.19 bits per heavy atom. The molecular weight excluding hydrogens is 568 g/mol. The number of aliphatic hydroxyl groups is 2. The minimum Gasteiger partial charge on any atom is -0.507 e. The van der Waals surface area contributed by atoms with Gasteiger partial charge in [0.2, 0.25) is 5.78 Å². The monoisotopic (exact) mass is 600 g/mol. The Morgan fingerprint density at radius 2 is 1.88 bits per heavy atom. The molecule has 9 N–H and O–H groups in total. The number of nitrogens with zero attached hydrogens (tertiary/aromatic N) is 1. The Morgan fingerprint density at radius 3 is 2.52 bits per heavy atom. The Bertz CT molecular complexity index is 1520. The smallest absolute Gasteiger partial charge is 0.202 e. The van der Waals surface area contributed by atoms with Crippen LogP contribution in [0.1, 0.15) is 75.8 Å². The van der Waals surface area contributed by atoms with Crippen molar-refractivity contribution in [1.29, 1.82) is 0 Å². The van der Waals surface area contributed by atoms with Gasteiger partial charge < -0.3 is 46.1 Å². The van der Waals surface area contributed by atoms with Gasteiger partial charge in [-0.2, -0.15) is 5.10 Å². The molecule has 2 aromatic rings. The van der Waals surface area contributed by atoms with Gasteiger partial charge in [-0.05, 0) is 32.1 Å². The number of methoxy groups -OCH3 is 1. The number of benzene rings is 2. The molecule has 0 aromatic heterocycles. The van der Waals surface area contributed by atoms with Gasteiger partial charge in [0.25, 0.3) is 0 Å². The molecule has 2 aliphatic carbocycles. The van der Waals surface area contributed by atoms with Crippen molar-refractivity contribution in [2.24, 2.45) is 16.6 Å². The molecule has 0 radical (unpaired) electrons. The third-order valence-electron chi connectivity index (χ3n) is 8.15. The molecule has 224 valence electrons. The molecule has 42 heavy (non-hydrogen) atoms. The molecule has 1 fully saturated rings. The second-order valence-corrected chi connectivity index (χ2v) is 11.2. The molecule has 3 aliphatic rings. The fraction of sp³-hybridized carbons (Fsp3) is 0.429. The van der Waals surface area contributed by atoms with E-state index in [4.69, 9.17) is 37.9 Å². The van der Waals surface area contributed by atoms with Gasteiger partial charge >= 0.3 is 0 Å². The first kappa shape index (κ1) is 29.8. The average molecular weight is 601 g/mol. The number of phenols is 2. The summed E-state index contributed by atoms with van der Waals surface area (Å²) in [6.07, 6.45) is -4.25. The number of phenolic OH excluding ortho intramolecular Hbond substituents is 2. The van der Waals surface area contributed by atoms with Gasteiger partial charge in [-0.25, -0.2) is 0 Å². The predicted octanol–water partition coefficient (Wildman–Crippen LogP) is 0.649. The zero-order valence-electron chi connectivity index (χ0n) is 23.1. The average Bonchev–Trinajstić information content (AvgIpc) is 2.94. The van der Waals surface area contributed by atoms with Crippen LogP contribution in [0.5, 0.6) is 17.2 Å². The van der Waals surface area contributed by atoms with Crippen molar-refractivity contribution in [2.75, 3.05) is 7.11 Å². The lowest BCUT2D eigenvalue weighted by Gasteiger charge is -2.42. The number of aromatic hydroxyl groups is 2. The number of carbonyl (C=O) groups excluding carboxylic acids is 2. The number of fused-ring (bicyclic) bond motifs is 3. The first-order valence-electron chi connectivity index (χ1n) is 13.2. The van der Waals surface area contributed by atoms with Crippen LogP contribution < -0.4 is 21.6 Å². The zero-order chi connectivity index (χ0) is 30.7. The maximum absolute atomic E-state index is 13.8. The summed E-state index contributed by atoms with van der Waals surface area (Å²) in [4.78, 5) is 27.4. The fourth-order valence-electron chi connectivity index (χ4n) is 5.91. The normalized spacial score (nSPS) is 28.9. The molecule has 6 atom stereocenters. The molecule has 14 heteroatoms. The minimum atomic E-state index is -1.79. The summed E-state index contributed by atoms with van der Waals surface area (Å²) >= 11 is 4.81. The first-order chi connectivity index (χ1) is 19.8. The van der Waals surface area contributed by atoms with Crippen LogP contribution >= 0.6 is 12.2 Å². The van der Waals surface area contributed by atoms with Crippen LogP contribution in [0, 0.1) is 0 Å². The van der Waals surface area contributed by atoms with E-state index in [0.717, 1.165) is 0 Å². The number of hydrogen-bond acceptors (Lipinski definition) is 12. The van der Waals surface area contributed by atoms with E-state index in [9.17, 15) is 30.0 Å². The number of carbonyl (C=O) groups is 2. The standard InChI is InChI=1S/C28H32N4O9S/c1-10-22(33)14(29)7-17(40-10)41-16-9-28(38,11(2)31-32-27(30)42)8-13-19(16)26(37)21-20(24(13)35)23(34)12-5-4-6-15(39-3)18(12)25(21)36/h4-6,10,14,16-17,22,33,35,37-38H,7-9,29H2,1-3H3,(H3,30,32,42)/b31-11-/t10-,14+,16+,17-,22-,28-/m0/s1. The zero-order valence-corrected chi connectivity index (χ0v) is 23.9. The summed E-state index contributed by atoms with van der Waals surface area (Å²) in [5, 5.41) is 49.2. The second-order valence-electron chi connectivity index (χ2n) is 10.8. The van der Waals surface area contributed by atoms with Gasteiger partial charge in [-0.3, -0.25) is 15.0 Å². The Labute approximate surface area is 246 Å². The van der Waals surface area contributed by atoms with Crippen molar-refractivity contribution in [2.45, 2.75) is 69.4 Å². The van der Waals surface area contributed by atoms with Crippen LogP contribution in [0.3, 0.4) is 0 Å².